The van der Waals surface area contributed by atoms with Crippen molar-refractivity contribution in [3.05, 3.63) is 10.6 Å². The fraction of sp³-hybridized carbons (Fsp3) is 0.643. The van der Waals surface area contributed by atoms with Gasteiger partial charge in [0.2, 0.25) is 0 Å². The van der Waals surface area contributed by atoms with E-state index in [1.165, 1.54) is 13.3 Å². The number of carbonyl (C=O) groups is 2. The number of carbonyl (C=O) groups excluding carboxylic acids is 1. The van der Waals surface area contributed by atoms with E-state index in [0.29, 0.717) is 23.0 Å². The molecule has 3 unspecified atom stereocenters. The smallest absolute Gasteiger partial charge is 0.356 e. The summed E-state index contributed by atoms with van der Waals surface area (Å²) in [7, 11) is 0. The summed E-state index contributed by atoms with van der Waals surface area (Å²) in [6.45, 7) is 5.79. The summed E-state index contributed by atoms with van der Waals surface area (Å²) < 4.78 is 0. The maximum Gasteiger partial charge on any atom is 0.356 e. The number of ketones is 1. The lowest BCUT2D eigenvalue weighted by atomic mass is 9.94. The lowest BCUT2D eigenvalue weighted by Crippen LogP contribution is -2.24. The average molecular weight is 296 g/mol. The summed E-state index contributed by atoms with van der Waals surface area (Å²) >= 11 is 1.14. The maximum absolute atomic E-state index is 11.5. The highest BCUT2D eigenvalue weighted by molar-refractivity contribution is 7.17. The molecule has 1 aromatic rings. The second-order valence-electron chi connectivity index (χ2n) is 5.41. The van der Waals surface area contributed by atoms with Crippen LogP contribution in [-0.2, 0) is 0 Å². The summed E-state index contributed by atoms with van der Waals surface area (Å²) in [5, 5.41) is 12.9. The number of aromatic nitrogens is 1. The number of anilines is 1. The third-order valence-electron chi connectivity index (χ3n) is 4.21. The van der Waals surface area contributed by atoms with Crippen molar-refractivity contribution in [3.63, 3.8) is 0 Å². The predicted molar refractivity (Wildman–Crippen MR) is 78.7 cm³/mol. The first kappa shape index (κ1) is 15.0. The molecule has 2 rings (SSSR count). The van der Waals surface area contributed by atoms with Gasteiger partial charge in [-0.15, -0.1) is 0 Å². The zero-order valence-corrected chi connectivity index (χ0v) is 12.8. The minimum Gasteiger partial charge on any atom is -0.476 e. The Morgan fingerprint density at radius 1 is 1.45 bits per heavy atom. The zero-order valence-electron chi connectivity index (χ0n) is 12.0. The number of hydrogen-bond acceptors (Lipinski definition) is 5. The van der Waals surface area contributed by atoms with Crippen molar-refractivity contribution in [3.8, 4) is 0 Å². The van der Waals surface area contributed by atoms with Crippen molar-refractivity contribution in [2.24, 2.45) is 11.8 Å². The summed E-state index contributed by atoms with van der Waals surface area (Å²) in [4.78, 5) is 26.9. The molecule has 20 heavy (non-hydrogen) atoms. The Morgan fingerprint density at radius 2 is 2.15 bits per heavy atom. The lowest BCUT2D eigenvalue weighted by molar-refractivity contribution is 0.0687. The van der Waals surface area contributed by atoms with E-state index in [0.717, 1.165) is 24.2 Å². The second kappa shape index (κ2) is 5.91. The van der Waals surface area contributed by atoms with Gasteiger partial charge in [-0.2, -0.15) is 0 Å². The van der Waals surface area contributed by atoms with Crippen LogP contribution in [0.5, 0.6) is 0 Å². The van der Waals surface area contributed by atoms with Gasteiger partial charge in [-0.1, -0.05) is 31.6 Å². The fourth-order valence-electron chi connectivity index (χ4n) is 2.95. The average Bonchev–Trinajstić information content (AvgIpc) is 2.95. The number of nitrogens with zero attached hydrogens (tertiary/aromatic N) is 1. The van der Waals surface area contributed by atoms with E-state index in [2.05, 4.69) is 24.1 Å². The Morgan fingerprint density at radius 3 is 2.60 bits per heavy atom. The monoisotopic (exact) mass is 296 g/mol. The van der Waals surface area contributed by atoms with Crippen LogP contribution in [0.2, 0.25) is 0 Å². The Bertz CT molecular complexity index is 495. The summed E-state index contributed by atoms with van der Waals surface area (Å²) in [6.07, 6.45) is 3.42. The third kappa shape index (κ3) is 2.85. The van der Waals surface area contributed by atoms with Gasteiger partial charge in [-0.25, -0.2) is 9.78 Å². The van der Waals surface area contributed by atoms with Crippen LogP contribution >= 0.6 is 11.3 Å². The van der Waals surface area contributed by atoms with E-state index < -0.39 is 5.97 Å². The van der Waals surface area contributed by atoms with Crippen molar-refractivity contribution >= 4 is 28.2 Å². The molecule has 1 aromatic heterocycles. The molecule has 1 fully saturated rings. The van der Waals surface area contributed by atoms with Gasteiger partial charge in [0.05, 0.1) is 0 Å². The normalized spacial score (nSPS) is 25.6. The second-order valence-corrected chi connectivity index (χ2v) is 6.41. The molecule has 1 aliphatic rings. The van der Waals surface area contributed by atoms with E-state index in [1.807, 2.05) is 0 Å². The van der Waals surface area contributed by atoms with E-state index in [9.17, 15) is 9.59 Å². The Balaban J connectivity index is 2.16. The van der Waals surface area contributed by atoms with Gasteiger partial charge in [0, 0.05) is 13.0 Å². The van der Waals surface area contributed by atoms with Crippen molar-refractivity contribution < 1.29 is 14.7 Å². The highest BCUT2D eigenvalue weighted by Crippen LogP contribution is 2.36. The van der Waals surface area contributed by atoms with Gasteiger partial charge in [0.25, 0.3) is 0 Å². The highest BCUT2D eigenvalue weighted by Gasteiger charge is 2.32. The van der Waals surface area contributed by atoms with Gasteiger partial charge >= 0.3 is 5.97 Å². The number of hydrogen-bond donors (Lipinski definition) is 2. The van der Waals surface area contributed by atoms with Crippen molar-refractivity contribution in [2.75, 3.05) is 5.32 Å². The topological polar surface area (TPSA) is 79.3 Å². The largest absolute Gasteiger partial charge is 0.476 e. The first-order valence-electron chi connectivity index (χ1n) is 6.95. The van der Waals surface area contributed by atoms with Gasteiger partial charge in [-0.05, 0) is 24.7 Å². The predicted octanol–water partition coefficient (Wildman–Crippen LogP) is 3.28. The van der Waals surface area contributed by atoms with Crippen molar-refractivity contribution in [1.82, 2.24) is 4.98 Å². The Kier molecular flexibility index (Phi) is 4.42. The molecule has 0 spiro atoms. The molecule has 0 amide bonds. The zero-order chi connectivity index (χ0) is 14.9. The van der Waals surface area contributed by atoms with E-state index in [-0.39, 0.29) is 16.4 Å². The van der Waals surface area contributed by atoms with Gasteiger partial charge in [0.15, 0.2) is 16.6 Å². The van der Waals surface area contributed by atoms with E-state index in [1.54, 1.807) is 0 Å². The molecule has 0 aromatic carbocycles. The van der Waals surface area contributed by atoms with Crippen LogP contribution < -0.4 is 5.32 Å². The Labute approximate surface area is 122 Å². The molecule has 1 aliphatic carbocycles. The molecule has 2 N–H and O–H groups in total. The van der Waals surface area contributed by atoms with Crippen LogP contribution in [0.3, 0.4) is 0 Å². The van der Waals surface area contributed by atoms with Crippen LogP contribution in [0.1, 0.15) is 60.2 Å². The van der Waals surface area contributed by atoms with Crippen LogP contribution in [0.4, 0.5) is 5.13 Å². The number of aromatic carboxylic acids is 1. The number of carboxylic acids is 1. The SMILES string of the molecule is CCC1CCC(Nc2nc(C(=O)O)c(C(C)=O)s2)C1C. The van der Waals surface area contributed by atoms with E-state index in [4.69, 9.17) is 5.11 Å². The lowest BCUT2D eigenvalue weighted by Gasteiger charge is -2.20. The molecule has 5 nitrogen and oxygen atoms in total. The molecular formula is C14H20N2O3S. The Hall–Kier alpha value is -1.43. The third-order valence-corrected chi connectivity index (χ3v) is 5.30. The van der Waals surface area contributed by atoms with Crippen LogP contribution in [0.25, 0.3) is 0 Å². The van der Waals surface area contributed by atoms with Crippen molar-refractivity contribution in [2.45, 2.75) is 46.1 Å². The molecule has 110 valence electrons. The standard InChI is InChI=1S/C14H20N2O3S/c1-4-9-5-6-10(7(9)2)15-14-16-11(13(18)19)12(20-14)8(3)17/h7,9-10H,4-6H2,1-3H3,(H,15,16)(H,18,19). The number of carboxylic acid groups (broad SMARTS) is 1. The van der Waals surface area contributed by atoms with Crippen LogP contribution in [-0.4, -0.2) is 27.9 Å². The first-order chi connectivity index (χ1) is 9.43. The molecule has 0 radical (unpaired) electrons. The fourth-order valence-corrected chi connectivity index (χ4v) is 3.87. The summed E-state index contributed by atoms with van der Waals surface area (Å²) in [6, 6.07) is 0.313. The number of nitrogens with one attached hydrogen (secondary N) is 1. The van der Waals surface area contributed by atoms with Gasteiger partial charge in [0.1, 0.15) is 4.88 Å². The molecule has 3 atom stereocenters. The quantitative estimate of drug-likeness (QED) is 0.815. The molecule has 6 heteroatoms. The van der Waals surface area contributed by atoms with E-state index >= 15 is 0 Å². The molecule has 1 heterocycles. The molecule has 1 saturated carbocycles. The number of Topliss-reactive ketones (excluding diaryl/α,β-unsaturated/α-hetero) is 1. The summed E-state index contributed by atoms with van der Waals surface area (Å²) in [5.74, 6) is -0.152. The van der Waals surface area contributed by atoms with Gasteiger partial charge < -0.3 is 10.4 Å². The van der Waals surface area contributed by atoms with Crippen LogP contribution in [0.15, 0.2) is 0 Å². The molecule has 0 saturated heterocycles. The highest BCUT2D eigenvalue weighted by atomic mass is 32.1. The minimum absolute atomic E-state index is 0.136. The molecule has 0 bridgehead atoms. The number of rotatable bonds is 5. The first-order valence-corrected chi connectivity index (χ1v) is 7.77. The maximum atomic E-state index is 11.5. The van der Waals surface area contributed by atoms with Crippen molar-refractivity contribution in [1.29, 1.82) is 0 Å². The number of thiazole rings is 1. The molecule has 0 aliphatic heterocycles. The summed E-state index contributed by atoms with van der Waals surface area (Å²) in [5.41, 5.74) is -0.136. The van der Waals surface area contributed by atoms with Crippen LogP contribution in [0, 0.1) is 11.8 Å². The van der Waals surface area contributed by atoms with Gasteiger partial charge in [-0.3, -0.25) is 4.79 Å². The minimum atomic E-state index is -1.15. The molecular weight excluding hydrogens is 276 g/mol.